The van der Waals surface area contributed by atoms with Gasteiger partial charge in [0, 0.05) is 13.1 Å². The number of methoxy groups -OCH3 is 1. The first kappa shape index (κ1) is 14.3. The number of nitrogens with zero attached hydrogens (tertiary/aromatic N) is 4. The highest BCUT2D eigenvalue weighted by Gasteiger charge is 2.21. The van der Waals surface area contributed by atoms with Gasteiger partial charge in [0.2, 0.25) is 11.2 Å². The van der Waals surface area contributed by atoms with E-state index >= 15 is 0 Å². The van der Waals surface area contributed by atoms with E-state index in [1.165, 1.54) is 13.5 Å². The van der Waals surface area contributed by atoms with Crippen LogP contribution in [0.4, 0.5) is 5.95 Å². The van der Waals surface area contributed by atoms with E-state index in [4.69, 9.17) is 16.3 Å². The molecule has 0 saturated carbocycles. The van der Waals surface area contributed by atoms with Crippen LogP contribution < -0.4 is 15.0 Å². The Labute approximate surface area is 118 Å². The molecule has 0 amide bonds. The van der Waals surface area contributed by atoms with Crippen LogP contribution in [-0.4, -0.2) is 48.7 Å². The van der Waals surface area contributed by atoms with Gasteiger partial charge in [-0.2, -0.15) is 15.0 Å². The highest BCUT2D eigenvalue weighted by Crippen LogP contribution is 2.24. The first-order valence-corrected chi connectivity index (χ1v) is 6.96. The van der Waals surface area contributed by atoms with E-state index in [0.717, 1.165) is 38.4 Å². The second-order valence-corrected chi connectivity index (χ2v) is 5.05. The summed E-state index contributed by atoms with van der Waals surface area (Å²) < 4.78 is 5.02. The first-order valence-electron chi connectivity index (χ1n) is 6.58. The molecule has 1 N–H and O–H groups in total. The van der Waals surface area contributed by atoms with E-state index in [1.807, 2.05) is 7.05 Å². The molecule has 1 aliphatic heterocycles. The summed E-state index contributed by atoms with van der Waals surface area (Å²) in [4.78, 5) is 14.5. The van der Waals surface area contributed by atoms with Gasteiger partial charge in [-0.1, -0.05) is 0 Å². The van der Waals surface area contributed by atoms with Crippen LogP contribution in [0.1, 0.15) is 19.3 Å². The van der Waals surface area contributed by atoms with Crippen LogP contribution >= 0.6 is 11.6 Å². The number of anilines is 1. The summed E-state index contributed by atoms with van der Waals surface area (Å²) in [5.41, 5.74) is 0. The van der Waals surface area contributed by atoms with E-state index in [1.54, 1.807) is 0 Å². The Morgan fingerprint density at radius 2 is 2.05 bits per heavy atom. The van der Waals surface area contributed by atoms with Crippen molar-refractivity contribution in [3.8, 4) is 6.01 Å². The highest BCUT2D eigenvalue weighted by atomic mass is 35.5. The monoisotopic (exact) mass is 285 g/mol. The van der Waals surface area contributed by atoms with Crippen LogP contribution in [0.25, 0.3) is 0 Å². The van der Waals surface area contributed by atoms with Crippen LogP contribution in [-0.2, 0) is 0 Å². The lowest BCUT2D eigenvalue weighted by Crippen LogP contribution is -2.35. The van der Waals surface area contributed by atoms with Crippen molar-refractivity contribution >= 4 is 17.5 Å². The zero-order chi connectivity index (χ0) is 13.7. The normalized spacial score (nSPS) is 16.7. The Bertz CT molecular complexity index is 409. The molecule has 0 aromatic carbocycles. The minimum Gasteiger partial charge on any atom is -0.467 e. The molecule has 1 fully saturated rings. The fraction of sp³-hybridized carbons (Fsp3) is 0.750. The third-order valence-corrected chi connectivity index (χ3v) is 3.63. The van der Waals surface area contributed by atoms with Gasteiger partial charge < -0.3 is 15.0 Å². The Morgan fingerprint density at radius 1 is 1.32 bits per heavy atom. The fourth-order valence-electron chi connectivity index (χ4n) is 2.32. The van der Waals surface area contributed by atoms with E-state index in [2.05, 4.69) is 25.2 Å². The zero-order valence-corrected chi connectivity index (χ0v) is 12.2. The summed E-state index contributed by atoms with van der Waals surface area (Å²) >= 11 is 5.87. The maximum atomic E-state index is 5.87. The minimum atomic E-state index is 0.180. The molecule has 1 aromatic rings. The SMILES string of the molecule is CNCCC1CCN(c2nc(Cl)nc(OC)n2)CC1. The van der Waals surface area contributed by atoms with E-state index < -0.39 is 0 Å². The summed E-state index contributed by atoms with van der Waals surface area (Å²) in [5, 5.41) is 3.38. The van der Waals surface area contributed by atoms with Crippen molar-refractivity contribution in [2.24, 2.45) is 5.92 Å². The second kappa shape index (κ2) is 6.86. The molecule has 0 aliphatic carbocycles. The molecular weight excluding hydrogens is 266 g/mol. The molecule has 2 heterocycles. The number of halogens is 1. The zero-order valence-electron chi connectivity index (χ0n) is 11.4. The number of ether oxygens (including phenoxy) is 1. The first-order chi connectivity index (χ1) is 9.22. The van der Waals surface area contributed by atoms with Crippen LogP contribution in [0.5, 0.6) is 6.01 Å². The molecule has 0 spiro atoms. The van der Waals surface area contributed by atoms with Gasteiger partial charge in [-0.15, -0.1) is 0 Å². The summed E-state index contributed by atoms with van der Waals surface area (Å²) in [6.45, 7) is 2.99. The molecule has 1 aromatic heterocycles. The number of nitrogens with one attached hydrogen (secondary N) is 1. The third-order valence-electron chi connectivity index (χ3n) is 3.46. The number of hydrogen-bond donors (Lipinski definition) is 1. The smallest absolute Gasteiger partial charge is 0.322 e. The Hall–Kier alpha value is -1.14. The molecule has 1 aliphatic rings. The summed E-state index contributed by atoms with van der Waals surface area (Å²) in [6, 6.07) is 0.271. The number of rotatable bonds is 5. The van der Waals surface area contributed by atoms with Crippen LogP contribution in [0, 0.1) is 5.92 Å². The Kier molecular flexibility index (Phi) is 5.15. The standard InChI is InChI=1S/C12H20ClN5O/c1-14-6-3-9-4-7-18(8-5-9)11-15-10(13)16-12(17-11)19-2/h9,14H,3-8H2,1-2H3. The summed E-state index contributed by atoms with van der Waals surface area (Å²) in [5.74, 6) is 1.40. The van der Waals surface area contributed by atoms with Crippen LogP contribution in [0.3, 0.4) is 0 Å². The average Bonchev–Trinajstić information content (AvgIpc) is 2.45. The van der Waals surface area contributed by atoms with Gasteiger partial charge in [-0.3, -0.25) is 0 Å². The van der Waals surface area contributed by atoms with Gasteiger partial charge in [-0.25, -0.2) is 0 Å². The molecule has 6 nitrogen and oxygen atoms in total. The molecule has 7 heteroatoms. The van der Waals surface area contributed by atoms with Crippen molar-refractivity contribution in [3.05, 3.63) is 5.28 Å². The molecule has 2 rings (SSSR count). The molecule has 0 atom stereocenters. The molecule has 1 saturated heterocycles. The van der Waals surface area contributed by atoms with E-state index in [9.17, 15) is 0 Å². The van der Waals surface area contributed by atoms with Crippen molar-refractivity contribution in [1.29, 1.82) is 0 Å². The topological polar surface area (TPSA) is 63.2 Å². The third kappa shape index (κ3) is 3.91. The maximum absolute atomic E-state index is 5.87. The van der Waals surface area contributed by atoms with Gasteiger partial charge in [0.15, 0.2) is 0 Å². The molecule has 19 heavy (non-hydrogen) atoms. The fourth-order valence-corrected chi connectivity index (χ4v) is 2.47. The van der Waals surface area contributed by atoms with Gasteiger partial charge in [0.1, 0.15) is 0 Å². The maximum Gasteiger partial charge on any atom is 0.322 e. The Balaban J connectivity index is 1.95. The lowest BCUT2D eigenvalue weighted by molar-refractivity contribution is 0.365. The molecule has 106 valence electrons. The van der Waals surface area contributed by atoms with Crippen LogP contribution in [0.15, 0.2) is 0 Å². The van der Waals surface area contributed by atoms with E-state index in [-0.39, 0.29) is 11.3 Å². The van der Waals surface area contributed by atoms with Crippen molar-refractivity contribution in [2.45, 2.75) is 19.3 Å². The Morgan fingerprint density at radius 3 is 2.68 bits per heavy atom. The van der Waals surface area contributed by atoms with Crippen molar-refractivity contribution in [3.63, 3.8) is 0 Å². The quantitative estimate of drug-likeness (QED) is 0.881. The van der Waals surface area contributed by atoms with Crippen LogP contribution in [0.2, 0.25) is 5.28 Å². The average molecular weight is 286 g/mol. The minimum absolute atomic E-state index is 0.180. The van der Waals surface area contributed by atoms with Gasteiger partial charge in [0.25, 0.3) is 0 Å². The molecule has 0 bridgehead atoms. The number of piperidine rings is 1. The highest BCUT2D eigenvalue weighted by molar-refractivity contribution is 6.28. The molecular formula is C12H20ClN5O. The molecule has 0 unspecified atom stereocenters. The van der Waals surface area contributed by atoms with Gasteiger partial charge in [0.05, 0.1) is 7.11 Å². The predicted molar refractivity (Wildman–Crippen MR) is 74.9 cm³/mol. The lowest BCUT2D eigenvalue weighted by Gasteiger charge is -2.31. The van der Waals surface area contributed by atoms with Crippen molar-refractivity contribution in [1.82, 2.24) is 20.3 Å². The van der Waals surface area contributed by atoms with Gasteiger partial charge >= 0.3 is 6.01 Å². The lowest BCUT2D eigenvalue weighted by atomic mass is 9.94. The second-order valence-electron chi connectivity index (χ2n) is 4.71. The van der Waals surface area contributed by atoms with E-state index in [0.29, 0.717) is 5.95 Å². The summed E-state index contributed by atoms with van der Waals surface area (Å²) in [7, 11) is 3.52. The largest absolute Gasteiger partial charge is 0.467 e. The number of hydrogen-bond acceptors (Lipinski definition) is 6. The summed E-state index contributed by atoms with van der Waals surface area (Å²) in [6.07, 6.45) is 3.55. The van der Waals surface area contributed by atoms with Crippen molar-refractivity contribution in [2.75, 3.05) is 38.7 Å². The molecule has 0 radical (unpaired) electrons. The van der Waals surface area contributed by atoms with Crippen molar-refractivity contribution < 1.29 is 4.74 Å². The predicted octanol–water partition coefficient (Wildman–Crippen LogP) is 1.36. The number of aromatic nitrogens is 3. The van der Waals surface area contributed by atoms with Gasteiger partial charge in [-0.05, 0) is 50.4 Å².